The molecule has 0 saturated heterocycles. The van der Waals surface area contributed by atoms with E-state index in [0.717, 1.165) is 11.1 Å². The van der Waals surface area contributed by atoms with Gasteiger partial charge in [0.25, 0.3) is 0 Å². The summed E-state index contributed by atoms with van der Waals surface area (Å²) in [6.45, 7) is 6.39. The molecule has 0 aliphatic heterocycles. The minimum Gasteiger partial charge on any atom is -0.508 e. The number of phenols is 2. The molecule has 0 saturated carbocycles. The average Bonchev–Trinajstić information content (AvgIpc) is 2.84. The summed E-state index contributed by atoms with van der Waals surface area (Å²) in [6.07, 6.45) is 5.06. The second-order valence-electron chi connectivity index (χ2n) is 6.63. The Morgan fingerprint density at radius 2 is 1.44 bits per heavy atom. The third kappa shape index (κ3) is 18.0. The summed E-state index contributed by atoms with van der Waals surface area (Å²) >= 11 is 1.86. The maximum Gasteiger partial charge on any atom is 0.193 e. The number of rotatable bonds is 8. The number of nitrogens with one attached hydrogen (secondary N) is 1. The van der Waals surface area contributed by atoms with Crippen molar-refractivity contribution in [1.29, 1.82) is 0 Å². The molecule has 0 radical (unpaired) electrons. The predicted octanol–water partition coefficient (Wildman–Crippen LogP) is 6.45. The highest BCUT2D eigenvalue weighted by Crippen LogP contribution is 2.49. The maximum absolute atomic E-state index is 9.19. The Morgan fingerprint density at radius 3 is 1.76 bits per heavy atom. The third-order valence-corrected chi connectivity index (χ3v) is 6.03. The number of benzene rings is 2. The molecule has 34 heavy (non-hydrogen) atoms. The highest BCUT2D eigenvalue weighted by atomic mass is 32.2. The van der Waals surface area contributed by atoms with E-state index in [2.05, 4.69) is 46.8 Å². The largest absolute Gasteiger partial charge is 0.508 e. The van der Waals surface area contributed by atoms with Crippen molar-refractivity contribution < 1.29 is 19.3 Å². The van der Waals surface area contributed by atoms with Gasteiger partial charge in [0, 0.05) is 21.3 Å². The number of phenolic OH excluding ortho intramolecular Hbond substituents is 2. The minimum atomic E-state index is -0.998. The molecule has 2 aromatic rings. The van der Waals surface area contributed by atoms with E-state index < -0.39 is 8.38 Å². The maximum atomic E-state index is 9.19. The van der Waals surface area contributed by atoms with E-state index in [4.69, 9.17) is 14.2 Å². The van der Waals surface area contributed by atoms with Gasteiger partial charge in [-0.2, -0.15) is 16.9 Å². The van der Waals surface area contributed by atoms with Crippen LogP contribution >= 0.6 is 29.5 Å². The van der Waals surface area contributed by atoms with Crippen molar-refractivity contribution in [2.45, 2.75) is 33.0 Å². The van der Waals surface area contributed by atoms with E-state index in [1.165, 1.54) is 12.2 Å². The SMILES string of the molecule is CCC.CCSC.CN(P)/N=C/c1ccc(O)cc1.CNC(c1ccc(O)cc1)P(OC)OC. The Bertz CT molecular complexity index is 730. The summed E-state index contributed by atoms with van der Waals surface area (Å²) in [4.78, 5) is 0. The third-order valence-electron chi connectivity index (χ3n) is 3.62. The van der Waals surface area contributed by atoms with Gasteiger partial charge in [-0.25, -0.2) is 0 Å². The van der Waals surface area contributed by atoms with Crippen LogP contribution in [0, 0.1) is 0 Å². The molecular weight excluding hydrogens is 488 g/mol. The number of nitrogens with zero attached hydrogens (tertiary/aromatic N) is 2. The number of aromatic hydroxyl groups is 2. The molecule has 0 aromatic heterocycles. The molecule has 10 heteroatoms. The van der Waals surface area contributed by atoms with E-state index >= 15 is 0 Å². The Hall–Kier alpha value is -1.40. The molecule has 0 amide bonds. The van der Waals surface area contributed by atoms with Crippen LogP contribution in [-0.4, -0.2) is 61.5 Å². The number of hydrogen-bond donors (Lipinski definition) is 3. The van der Waals surface area contributed by atoms with Gasteiger partial charge in [0.15, 0.2) is 8.38 Å². The number of hydrogen-bond acceptors (Lipinski definition) is 8. The van der Waals surface area contributed by atoms with Crippen molar-refractivity contribution in [1.82, 2.24) is 10.1 Å². The van der Waals surface area contributed by atoms with Gasteiger partial charge in [-0.1, -0.05) is 39.3 Å². The van der Waals surface area contributed by atoms with E-state index in [9.17, 15) is 5.11 Å². The van der Waals surface area contributed by atoms with Crippen molar-refractivity contribution in [3.8, 4) is 11.5 Å². The lowest BCUT2D eigenvalue weighted by atomic mass is 10.2. The Balaban J connectivity index is 0. The van der Waals surface area contributed by atoms with Gasteiger partial charge >= 0.3 is 0 Å². The quantitative estimate of drug-likeness (QED) is 0.205. The molecule has 0 spiro atoms. The van der Waals surface area contributed by atoms with Crippen molar-refractivity contribution >= 4 is 35.7 Å². The molecule has 2 unspecified atom stereocenters. The van der Waals surface area contributed by atoms with Gasteiger partial charge in [-0.3, -0.25) is 4.78 Å². The molecule has 3 N–H and O–H groups in total. The van der Waals surface area contributed by atoms with Gasteiger partial charge in [-0.15, -0.1) is 0 Å². The highest BCUT2D eigenvalue weighted by molar-refractivity contribution is 7.98. The van der Waals surface area contributed by atoms with Gasteiger partial charge in [0.05, 0.1) is 6.21 Å². The van der Waals surface area contributed by atoms with Crippen molar-refractivity contribution in [2.24, 2.45) is 5.10 Å². The van der Waals surface area contributed by atoms with Crippen molar-refractivity contribution in [2.75, 3.05) is 40.3 Å². The van der Waals surface area contributed by atoms with Crippen LogP contribution < -0.4 is 5.32 Å². The normalized spacial score (nSPS) is 10.9. The van der Waals surface area contributed by atoms with Gasteiger partial charge in [0.2, 0.25) is 0 Å². The molecule has 0 bridgehead atoms. The lowest BCUT2D eigenvalue weighted by Gasteiger charge is -2.23. The Kier molecular flexibility index (Phi) is 23.9. The lowest BCUT2D eigenvalue weighted by molar-refractivity contribution is 0.326. The fourth-order valence-corrected chi connectivity index (χ4v) is 3.32. The molecule has 0 aliphatic carbocycles. The van der Waals surface area contributed by atoms with Crippen LogP contribution in [0.25, 0.3) is 0 Å². The fourth-order valence-electron chi connectivity index (χ4n) is 2.05. The first-order valence-electron chi connectivity index (χ1n) is 10.9. The zero-order valence-corrected chi connectivity index (χ0v) is 24.6. The van der Waals surface area contributed by atoms with Crippen LogP contribution in [0.5, 0.6) is 11.5 Å². The first kappa shape index (κ1) is 34.8. The van der Waals surface area contributed by atoms with E-state index in [0.29, 0.717) is 0 Å². The Morgan fingerprint density at radius 1 is 1.03 bits per heavy atom. The lowest BCUT2D eigenvalue weighted by Crippen LogP contribution is -2.15. The topological polar surface area (TPSA) is 86.6 Å². The second-order valence-corrected chi connectivity index (χ2v) is 10.3. The van der Waals surface area contributed by atoms with Crippen LogP contribution in [0.2, 0.25) is 0 Å². The molecule has 0 heterocycles. The van der Waals surface area contributed by atoms with Crippen LogP contribution in [0.1, 0.15) is 44.1 Å². The minimum absolute atomic E-state index is 0.00981. The average molecular weight is 532 g/mol. The van der Waals surface area contributed by atoms with Crippen molar-refractivity contribution in [3.63, 3.8) is 0 Å². The fraction of sp³-hybridized carbons (Fsp3) is 0.458. The van der Waals surface area contributed by atoms with Crippen LogP contribution in [-0.2, 0) is 9.05 Å². The molecule has 2 aromatic carbocycles. The predicted molar refractivity (Wildman–Crippen MR) is 154 cm³/mol. The summed E-state index contributed by atoms with van der Waals surface area (Å²) in [6, 6.07) is 13.9. The number of hydrazone groups is 1. The summed E-state index contributed by atoms with van der Waals surface area (Å²) in [5.41, 5.74) is 1.99. The standard InChI is InChI=1S/C10H16NO3P.C8H11N2OP.C3H8S.C3H8/c1-11-10(15(13-2)14-3)8-4-6-9(12)7-5-8;1-10(12)9-6-7-2-4-8(11)5-3-7;1-3-4-2;1-3-2/h4-7,10-12H,1-3H3;2-6,11H,12H2,1H3;3H2,1-2H3;3H2,1-2H3/b;9-6+;;. The summed E-state index contributed by atoms with van der Waals surface area (Å²) < 4.78 is 12.1. The molecule has 2 atom stereocenters. The van der Waals surface area contributed by atoms with Crippen LogP contribution in [0.15, 0.2) is 53.6 Å². The first-order chi connectivity index (χ1) is 16.2. The van der Waals surface area contributed by atoms with Crippen molar-refractivity contribution in [3.05, 3.63) is 59.7 Å². The van der Waals surface area contributed by atoms with E-state index in [1.807, 2.05) is 38.0 Å². The van der Waals surface area contributed by atoms with E-state index in [1.54, 1.807) is 61.6 Å². The molecule has 7 nitrogen and oxygen atoms in total. The van der Waals surface area contributed by atoms with Gasteiger partial charge < -0.3 is 24.6 Å². The summed E-state index contributed by atoms with van der Waals surface area (Å²) in [7, 11) is 8.35. The molecular formula is C24H43N3O4P2S. The smallest absolute Gasteiger partial charge is 0.193 e. The monoisotopic (exact) mass is 531 g/mol. The Labute approximate surface area is 214 Å². The van der Waals surface area contributed by atoms with Crippen LogP contribution in [0.3, 0.4) is 0 Å². The number of thioether (sulfide) groups is 1. The molecule has 0 fully saturated rings. The van der Waals surface area contributed by atoms with Gasteiger partial charge in [0.1, 0.15) is 17.3 Å². The van der Waals surface area contributed by atoms with Gasteiger partial charge in [-0.05, 0) is 76.0 Å². The zero-order chi connectivity index (χ0) is 26.4. The zero-order valence-electron chi connectivity index (χ0n) is 21.7. The van der Waals surface area contributed by atoms with Crippen LogP contribution in [0.4, 0.5) is 0 Å². The summed E-state index contributed by atoms with van der Waals surface area (Å²) in [5, 5.41) is 25.3. The second kappa shape index (κ2) is 23.3. The molecule has 0 aliphatic rings. The molecule has 2 rings (SSSR count). The van der Waals surface area contributed by atoms with E-state index in [-0.39, 0.29) is 17.3 Å². The summed E-state index contributed by atoms with van der Waals surface area (Å²) in [5.74, 6) is 1.77. The highest BCUT2D eigenvalue weighted by Gasteiger charge is 2.21. The first-order valence-corrected chi connectivity index (χ1v) is 14.0. The molecule has 194 valence electrons.